The van der Waals surface area contributed by atoms with Gasteiger partial charge in [0.25, 0.3) is 0 Å². The molecule has 1 fully saturated rings. The molecule has 0 amide bonds. The van der Waals surface area contributed by atoms with Gasteiger partial charge in [0.1, 0.15) is 5.75 Å². The Morgan fingerprint density at radius 2 is 2.16 bits per heavy atom. The van der Waals surface area contributed by atoms with Crippen molar-refractivity contribution in [3.05, 3.63) is 24.3 Å². The molecule has 1 unspecified atom stereocenters. The second-order valence-corrected chi connectivity index (χ2v) is 6.97. The molecule has 19 heavy (non-hydrogen) atoms. The summed E-state index contributed by atoms with van der Waals surface area (Å²) in [5.41, 5.74) is 0.526. The fourth-order valence-electron chi connectivity index (χ4n) is 1.68. The van der Waals surface area contributed by atoms with E-state index in [1.54, 1.807) is 38.3 Å². The maximum atomic E-state index is 12.1. The quantitative estimate of drug-likeness (QED) is 0.797. The molecule has 1 aromatic rings. The Morgan fingerprint density at radius 1 is 1.42 bits per heavy atom. The first kappa shape index (κ1) is 14.1. The average molecular weight is 284 g/mol. The number of methoxy groups -OCH3 is 1. The summed E-state index contributed by atoms with van der Waals surface area (Å²) in [6.45, 7) is 2.18. The first-order chi connectivity index (χ1) is 9.01. The maximum absolute atomic E-state index is 12.1. The molecule has 0 aliphatic heterocycles. The van der Waals surface area contributed by atoms with Crippen LogP contribution in [0.1, 0.15) is 19.8 Å². The molecule has 2 N–H and O–H groups in total. The predicted molar refractivity (Wildman–Crippen MR) is 76.0 cm³/mol. The van der Waals surface area contributed by atoms with Gasteiger partial charge in [-0.25, -0.2) is 8.42 Å². The molecule has 2 rings (SSSR count). The van der Waals surface area contributed by atoms with Crippen molar-refractivity contribution in [1.29, 1.82) is 0 Å². The van der Waals surface area contributed by atoms with Gasteiger partial charge in [-0.05, 0) is 31.9 Å². The smallest absolute Gasteiger partial charge is 0.236 e. The number of rotatable bonds is 7. The zero-order chi connectivity index (χ0) is 13.9. The van der Waals surface area contributed by atoms with Gasteiger partial charge in [-0.3, -0.25) is 4.72 Å². The largest absolute Gasteiger partial charge is 0.497 e. The van der Waals surface area contributed by atoms with Gasteiger partial charge in [0, 0.05) is 18.7 Å². The topological polar surface area (TPSA) is 67.4 Å². The lowest BCUT2D eigenvalue weighted by atomic mass is 10.3. The highest BCUT2D eigenvalue weighted by molar-refractivity contribution is 7.93. The summed E-state index contributed by atoms with van der Waals surface area (Å²) in [5, 5.41) is 2.75. The number of anilines is 1. The minimum Gasteiger partial charge on any atom is -0.497 e. The van der Waals surface area contributed by atoms with E-state index in [0.717, 1.165) is 12.8 Å². The van der Waals surface area contributed by atoms with Crippen molar-refractivity contribution in [3.8, 4) is 5.75 Å². The van der Waals surface area contributed by atoms with Crippen molar-refractivity contribution in [2.75, 3.05) is 18.4 Å². The van der Waals surface area contributed by atoms with E-state index in [1.807, 2.05) is 0 Å². The Balaban J connectivity index is 1.97. The third-order valence-corrected chi connectivity index (χ3v) is 4.88. The van der Waals surface area contributed by atoms with Crippen LogP contribution in [0.25, 0.3) is 0 Å². The van der Waals surface area contributed by atoms with E-state index in [1.165, 1.54) is 0 Å². The number of hydrogen-bond acceptors (Lipinski definition) is 4. The van der Waals surface area contributed by atoms with Crippen molar-refractivity contribution >= 4 is 15.7 Å². The Morgan fingerprint density at radius 3 is 2.79 bits per heavy atom. The molecule has 1 aromatic carbocycles. The molecule has 6 heteroatoms. The SMILES string of the molecule is COc1cccc(NS(=O)(=O)C(C)CNC2CC2)c1. The highest BCUT2D eigenvalue weighted by Crippen LogP contribution is 2.20. The Kier molecular flexibility index (Phi) is 4.31. The third-order valence-electron chi connectivity index (χ3n) is 3.13. The summed E-state index contributed by atoms with van der Waals surface area (Å²) in [6.07, 6.45) is 2.30. The molecule has 5 nitrogen and oxygen atoms in total. The highest BCUT2D eigenvalue weighted by atomic mass is 32.2. The van der Waals surface area contributed by atoms with E-state index in [0.29, 0.717) is 24.0 Å². The van der Waals surface area contributed by atoms with E-state index in [2.05, 4.69) is 10.0 Å². The molecule has 0 saturated heterocycles. The molecule has 1 aliphatic carbocycles. The third kappa shape index (κ3) is 4.11. The van der Waals surface area contributed by atoms with Crippen LogP contribution in [0.2, 0.25) is 0 Å². The lowest BCUT2D eigenvalue weighted by molar-refractivity contribution is 0.415. The Hall–Kier alpha value is -1.27. The summed E-state index contributed by atoms with van der Waals surface area (Å²) in [7, 11) is -1.82. The van der Waals surface area contributed by atoms with E-state index in [4.69, 9.17) is 4.74 Å². The minimum absolute atomic E-state index is 0.473. The minimum atomic E-state index is -3.37. The Labute approximate surface area is 114 Å². The van der Waals surface area contributed by atoms with Gasteiger partial charge in [0.15, 0.2) is 0 Å². The van der Waals surface area contributed by atoms with Crippen molar-refractivity contribution in [2.24, 2.45) is 0 Å². The van der Waals surface area contributed by atoms with Crippen LogP contribution in [0, 0.1) is 0 Å². The summed E-state index contributed by atoms with van der Waals surface area (Å²) in [6, 6.07) is 7.41. The summed E-state index contributed by atoms with van der Waals surface area (Å²) >= 11 is 0. The normalized spacial score (nSPS) is 16.9. The van der Waals surface area contributed by atoms with Crippen molar-refractivity contribution < 1.29 is 13.2 Å². The molecule has 0 bridgehead atoms. The van der Waals surface area contributed by atoms with Gasteiger partial charge in [-0.15, -0.1) is 0 Å². The van der Waals surface area contributed by atoms with E-state index in [9.17, 15) is 8.42 Å². The first-order valence-electron chi connectivity index (χ1n) is 6.40. The Bertz CT molecular complexity index is 526. The molecule has 1 saturated carbocycles. The first-order valence-corrected chi connectivity index (χ1v) is 7.95. The number of hydrogen-bond donors (Lipinski definition) is 2. The summed E-state index contributed by atoms with van der Waals surface area (Å²) in [5.74, 6) is 0.629. The second-order valence-electron chi connectivity index (χ2n) is 4.87. The summed E-state index contributed by atoms with van der Waals surface area (Å²) in [4.78, 5) is 0. The highest BCUT2D eigenvalue weighted by Gasteiger charge is 2.25. The number of ether oxygens (including phenoxy) is 1. The average Bonchev–Trinajstić information content (AvgIpc) is 3.19. The van der Waals surface area contributed by atoms with E-state index >= 15 is 0 Å². The zero-order valence-corrected chi connectivity index (χ0v) is 12.0. The van der Waals surface area contributed by atoms with Crippen molar-refractivity contribution in [2.45, 2.75) is 31.1 Å². The molecule has 1 aliphatic rings. The molecule has 1 atom stereocenters. The van der Waals surface area contributed by atoms with Crippen LogP contribution in [-0.2, 0) is 10.0 Å². The van der Waals surface area contributed by atoms with Gasteiger partial charge >= 0.3 is 0 Å². The van der Waals surface area contributed by atoms with Crippen molar-refractivity contribution in [3.63, 3.8) is 0 Å². The zero-order valence-electron chi connectivity index (χ0n) is 11.2. The molecule has 0 radical (unpaired) electrons. The number of benzene rings is 1. The van der Waals surface area contributed by atoms with E-state index in [-0.39, 0.29) is 0 Å². The standard InChI is InChI=1S/C13H20N2O3S/c1-10(9-14-11-6-7-11)19(16,17)15-12-4-3-5-13(8-12)18-2/h3-5,8,10-11,14-15H,6-7,9H2,1-2H3. The van der Waals surface area contributed by atoms with Crippen molar-refractivity contribution in [1.82, 2.24) is 5.32 Å². The van der Waals surface area contributed by atoms with Crippen LogP contribution in [0.4, 0.5) is 5.69 Å². The van der Waals surface area contributed by atoms with Crippen LogP contribution in [0.15, 0.2) is 24.3 Å². The van der Waals surface area contributed by atoms with Gasteiger partial charge in [0.2, 0.25) is 10.0 Å². The molecular formula is C13H20N2O3S. The fraction of sp³-hybridized carbons (Fsp3) is 0.538. The number of sulfonamides is 1. The fourth-order valence-corrected chi connectivity index (χ4v) is 2.65. The van der Waals surface area contributed by atoms with Gasteiger partial charge in [-0.1, -0.05) is 6.07 Å². The molecule has 106 valence electrons. The lowest BCUT2D eigenvalue weighted by Gasteiger charge is -2.15. The molecule has 0 heterocycles. The monoisotopic (exact) mass is 284 g/mol. The predicted octanol–water partition coefficient (Wildman–Crippen LogP) is 1.58. The van der Waals surface area contributed by atoms with Gasteiger partial charge in [0.05, 0.1) is 18.0 Å². The van der Waals surface area contributed by atoms with Gasteiger partial charge < -0.3 is 10.1 Å². The number of nitrogens with one attached hydrogen (secondary N) is 2. The van der Waals surface area contributed by atoms with Crippen LogP contribution in [0.5, 0.6) is 5.75 Å². The van der Waals surface area contributed by atoms with Gasteiger partial charge in [-0.2, -0.15) is 0 Å². The van der Waals surface area contributed by atoms with Crippen LogP contribution < -0.4 is 14.8 Å². The summed E-state index contributed by atoms with van der Waals surface area (Å²) < 4.78 is 31.9. The molecular weight excluding hydrogens is 264 g/mol. The van der Waals surface area contributed by atoms with E-state index < -0.39 is 15.3 Å². The molecule has 0 spiro atoms. The maximum Gasteiger partial charge on any atom is 0.236 e. The van der Waals surface area contributed by atoms with Crippen LogP contribution in [-0.4, -0.2) is 33.4 Å². The molecule has 0 aromatic heterocycles. The van der Waals surface area contributed by atoms with Crippen LogP contribution in [0.3, 0.4) is 0 Å². The lowest BCUT2D eigenvalue weighted by Crippen LogP contribution is -2.35. The second kappa shape index (κ2) is 5.79. The van der Waals surface area contributed by atoms with Crippen LogP contribution >= 0.6 is 0 Å².